The molecule has 0 bridgehead atoms. The third-order valence-electron chi connectivity index (χ3n) is 6.21. The molecule has 0 amide bonds. The lowest BCUT2D eigenvalue weighted by atomic mass is 9.85. The predicted octanol–water partition coefficient (Wildman–Crippen LogP) is 10.8. The monoisotopic (exact) mass is 580 g/mol. The fraction of sp³-hybridized carbons (Fsp3) is 0.152. The fourth-order valence-corrected chi connectivity index (χ4v) is 5.07. The molecule has 0 spiro atoms. The number of allylic oxidation sites excluding steroid dienone is 2. The molecule has 0 N–H and O–H groups in total. The van der Waals surface area contributed by atoms with Crippen LogP contribution in [0.4, 0.5) is 17.6 Å². The summed E-state index contributed by atoms with van der Waals surface area (Å²) >= 11 is 3.61. The van der Waals surface area contributed by atoms with Gasteiger partial charge in [0.25, 0.3) is 0 Å². The van der Waals surface area contributed by atoms with Crippen molar-refractivity contribution < 1.29 is 17.6 Å². The van der Waals surface area contributed by atoms with Crippen LogP contribution in [0.25, 0.3) is 28.0 Å². The normalized spacial score (nSPS) is 11.5. The van der Waals surface area contributed by atoms with Gasteiger partial charge in [0.15, 0.2) is 17.5 Å². The van der Waals surface area contributed by atoms with Crippen LogP contribution >= 0.6 is 15.9 Å². The van der Waals surface area contributed by atoms with Crippen molar-refractivity contribution in [3.05, 3.63) is 137 Å². The first-order chi connectivity index (χ1) is 18.3. The Morgan fingerprint density at radius 3 is 2.21 bits per heavy atom. The minimum absolute atomic E-state index is 0.249. The summed E-state index contributed by atoms with van der Waals surface area (Å²) in [7, 11) is 0. The summed E-state index contributed by atoms with van der Waals surface area (Å²) in [6, 6.07) is 19.6. The smallest absolute Gasteiger partial charge is 0.194 e. The van der Waals surface area contributed by atoms with Crippen molar-refractivity contribution in [3.8, 4) is 0 Å². The van der Waals surface area contributed by atoms with E-state index in [1.807, 2.05) is 62.4 Å². The number of fused-ring (bicyclic) bond motifs is 1. The Morgan fingerprint density at radius 2 is 1.55 bits per heavy atom. The number of alkyl halides is 1. The number of rotatable bonds is 7. The molecule has 38 heavy (non-hydrogen) atoms. The lowest BCUT2D eigenvalue weighted by molar-refractivity contribution is 0.446. The van der Waals surface area contributed by atoms with Crippen LogP contribution in [0.5, 0.6) is 0 Å². The van der Waals surface area contributed by atoms with Crippen molar-refractivity contribution in [2.75, 3.05) is 0 Å². The molecule has 0 aliphatic heterocycles. The van der Waals surface area contributed by atoms with Gasteiger partial charge in [0, 0.05) is 5.33 Å². The maximum atomic E-state index is 13.8. The molecule has 0 heterocycles. The van der Waals surface area contributed by atoms with E-state index in [9.17, 15) is 17.6 Å². The van der Waals surface area contributed by atoms with E-state index < -0.39 is 17.5 Å². The number of hydrogen-bond donors (Lipinski definition) is 0. The number of hydrogen-bond acceptors (Lipinski definition) is 0. The van der Waals surface area contributed by atoms with E-state index in [1.165, 1.54) is 6.08 Å². The Kier molecular flexibility index (Phi) is 10.3. The maximum absolute atomic E-state index is 13.8. The van der Waals surface area contributed by atoms with Gasteiger partial charge in [-0.3, -0.25) is 0 Å². The molecule has 0 unspecified atom stereocenters. The summed E-state index contributed by atoms with van der Waals surface area (Å²) in [6.45, 7) is 10.2. The van der Waals surface area contributed by atoms with Crippen LogP contribution < -0.4 is 0 Å². The van der Waals surface area contributed by atoms with E-state index in [0.29, 0.717) is 23.7 Å². The summed E-state index contributed by atoms with van der Waals surface area (Å²) in [4.78, 5) is 0. The van der Waals surface area contributed by atoms with Gasteiger partial charge in [-0.15, -0.1) is 0 Å². The van der Waals surface area contributed by atoms with Crippen LogP contribution in [-0.2, 0) is 11.8 Å². The van der Waals surface area contributed by atoms with Crippen LogP contribution in [0.1, 0.15) is 54.2 Å². The zero-order valence-electron chi connectivity index (χ0n) is 21.6. The van der Waals surface area contributed by atoms with Crippen molar-refractivity contribution >= 4 is 43.9 Å². The molecule has 0 nitrogen and oxygen atoms in total. The average molecular weight is 581 g/mol. The van der Waals surface area contributed by atoms with Crippen molar-refractivity contribution in [1.82, 2.24) is 0 Å². The number of halogens is 5. The molecule has 4 aromatic carbocycles. The molecule has 0 aliphatic carbocycles. The first kappa shape index (κ1) is 29.1. The molecular weight excluding hydrogens is 552 g/mol. The van der Waals surface area contributed by atoms with Gasteiger partial charge in [0.2, 0.25) is 0 Å². The topological polar surface area (TPSA) is 0 Å². The largest absolute Gasteiger partial charge is 0.216 e. The summed E-state index contributed by atoms with van der Waals surface area (Å²) in [5, 5.41) is 2.58. The Bertz CT molecular complexity index is 1490. The quantitative estimate of drug-likeness (QED) is 0.0882. The highest BCUT2D eigenvalue weighted by atomic mass is 79.9. The fourth-order valence-electron chi connectivity index (χ4n) is 4.43. The summed E-state index contributed by atoms with van der Waals surface area (Å²) in [5.41, 5.74) is 6.16. The van der Waals surface area contributed by atoms with Gasteiger partial charge in [-0.25, -0.2) is 17.6 Å². The zero-order valence-corrected chi connectivity index (χ0v) is 23.2. The third kappa shape index (κ3) is 6.16. The van der Waals surface area contributed by atoms with E-state index in [-0.39, 0.29) is 5.56 Å². The third-order valence-corrected chi connectivity index (χ3v) is 6.77. The molecule has 4 rings (SSSR count). The molecule has 0 saturated carbocycles. The lowest BCUT2D eigenvalue weighted by Crippen LogP contribution is -2.01. The Morgan fingerprint density at radius 1 is 0.921 bits per heavy atom. The van der Waals surface area contributed by atoms with Crippen molar-refractivity contribution in [2.24, 2.45) is 0 Å². The highest BCUT2D eigenvalue weighted by Crippen LogP contribution is 2.37. The second kappa shape index (κ2) is 13.4. The van der Waals surface area contributed by atoms with Gasteiger partial charge in [-0.2, -0.15) is 0 Å². The second-order valence-corrected chi connectivity index (χ2v) is 9.02. The van der Waals surface area contributed by atoms with Gasteiger partial charge in [-0.1, -0.05) is 103 Å². The van der Waals surface area contributed by atoms with Gasteiger partial charge in [0.05, 0.1) is 6.33 Å². The van der Waals surface area contributed by atoms with Crippen molar-refractivity contribution in [2.45, 2.75) is 32.5 Å². The number of benzene rings is 4. The Hall–Kier alpha value is -3.44. The lowest BCUT2D eigenvalue weighted by Gasteiger charge is -2.20. The average Bonchev–Trinajstić information content (AvgIpc) is 2.94. The Balaban J connectivity index is 0.00000195. The molecule has 0 saturated heterocycles. The van der Waals surface area contributed by atoms with Crippen LogP contribution in [0.3, 0.4) is 0 Å². The molecule has 0 aromatic heterocycles. The van der Waals surface area contributed by atoms with Gasteiger partial charge >= 0.3 is 0 Å². The second-order valence-electron chi connectivity index (χ2n) is 8.46. The highest BCUT2D eigenvalue weighted by molar-refractivity contribution is 9.08. The van der Waals surface area contributed by atoms with E-state index in [2.05, 4.69) is 28.6 Å². The van der Waals surface area contributed by atoms with Crippen LogP contribution in [0.15, 0.2) is 85.7 Å². The van der Waals surface area contributed by atoms with Gasteiger partial charge in [-0.05, 0) is 80.8 Å². The highest BCUT2D eigenvalue weighted by Gasteiger charge is 2.18. The minimum atomic E-state index is -1.49. The predicted molar refractivity (Wildman–Crippen MR) is 156 cm³/mol. The van der Waals surface area contributed by atoms with Crippen LogP contribution in [-0.4, -0.2) is 0 Å². The molecule has 0 atom stereocenters. The first-order valence-corrected chi connectivity index (χ1v) is 13.4. The maximum Gasteiger partial charge on any atom is 0.194 e. The molecule has 0 fully saturated rings. The summed E-state index contributed by atoms with van der Waals surface area (Å²) in [6.07, 6.45) is 4.26. The first-order valence-electron chi connectivity index (χ1n) is 12.3. The van der Waals surface area contributed by atoms with E-state index in [1.54, 1.807) is 13.0 Å². The molecule has 0 radical (unpaired) electrons. The Labute approximate surface area is 230 Å². The van der Waals surface area contributed by atoms with Gasteiger partial charge < -0.3 is 0 Å². The molecule has 0 aliphatic rings. The molecular formula is C33H29BrF4. The summed E-state index contributed by atoms with van der Waals surface area (Å²) < 4.78 is 54.0. The van der Waals surface area contributed by atoms with E-state index in [0.717, 1.165) is 56.3 Å². The molecule has 4 aromatic rings. The standard InChI is InChI=1S/C31H23BrF4.C2H6/c1-19(24-16-28(34)31(36)29(35)17-24)14-21-8-3-5-11-25(21)20(2)30-26-12-6-4-9-22(26)15-23(10-7-13-33)27(30)18-32;1-2/h3-9,11-17H,2,10,18H2,1H3;1-2H3/b13-7+,19-14+;. The van der Waals surface area contributed by atoms with Crippen LogP contribution in [0.2, 0.25) is 0 Å². The molecule has 5 heteroatoms. The molecule has 196 valence electrons. The van der Waals surface area contributed by atoms with Crippen molar-refractivity contribution in [3.63, 3.8) is 0 Å². The van der Waals surface area contributed by atoms with E-state index >= 15 is 0 Å². The van der Waals surface area contributed by atoms with E-state index in [4.69, 9.17) is 0 Å². The van der Waals surface area contributed by atoms with Crippen LogP contribution in [0, 0.1) is 17.5 Å². The SMILES string of the molecule is C=C(c1ccccc1/C=C(\C)c1cc(F)c(F)c(F)c1)c1c(CBr)c(C/C=C/F)cc2ccccc12.CC. The van der Waals surface area contributed by atoms with Gasteiger partial charge in [0.1, 0.15) is 0 Å². The minimum Gasteiger partial charge on any atom is -0.216 e. The summed E-state index contributed by atoms with van der Waals surface area (Å²) in [5.74, 6) is -3.96. The zero-order chi connectivity index (χ0) is 27.8. The van der Waals surface area contributed by atoms with Crippen molar-refractivity contribution in [1.29, 1.82) is 0 Å².